The Kier molecular flexibility index (Phi) is 4.93. The molecule has 4 rings (SSSR count). The van der Waals surface area contributed by atoms with Gasteiger partial charge in [0.15, 0.2) is 5.65 Å². The number of urea groups is 1. The van der Waals surface area contributed by atoms with E-state index in [0.29, 0.717) is 36.0 Å². The fourth-order valence-corrected chi connectivity index (χ4v) is 4.48. The Bertz CT molecular complexity index is 901. The van der Waals surface area contributed by atoms with Gasteiger partial charge < -0.3 is 15.1 Å². The molecule has 1 saturated carbocycles. The third-order valence-corrected chi connectivity index (χ3v) is 5.89. The molecule has 8 nitrogen and oxygen atoms in total. The van der Waals surface area contributed by atoms with E-state index in [2.05, 4.69) is 15.3 Å². The van der Waals surface area contributed by atoms with E-state index in [-0.39, 0.29) is 17.5 Å². The molecule has 2 radical (unpaired) electrons. The molecule has 0 aromatic carbocycles. The zero-order valence-corrected chi connectivity index (χ0v) is 15.7. The molecular weight excluding hydrogens is 343 g/mol. The third kappa shape index (κ3) is 3.35. The van der Waals surface area contributed by atoms with E-state index in [1.807, 2.05) is 11.6 Å². The molecular formula is C18H25BN6O2. The van der Waals surface area contributed by atoms with Crippen LogP contribution in [-0.4, -0.2) is 51.8 Å². The van der Waals surface area contributed by atoms with Gasteiger partial charge in [0.05, 0.1) is 11.7 Å². The molecule has 0 bridgehead atoms. The van der Waals surface area contributed by atoms with Crippen molar-refractivity contribution in [2.24, 2.45) is 0 Å². The van der Waals surface area contributed by atoms with Gasteiger partial charge in [0.2, 0.25) is 7.98 Å². The minimum Gasteiger partial charge on any atom is -0.391 e. The van der Waals surface area contributed by atoms with Crippen LogP contribution in [0.5, 0.6) is 0 Å². The summed E-state index contributed by atoms with van der Waals surface area (Å²) in [5.41, 5.74) is 1.26. The van der Waals surface area contributed by atoms with Crippen LogP contribution in [0.4, 0.5) is 4.79 Å². The molecule has 2 aromatic rings. The zero-order valence-electron chi connectivity index (χ0n) is 15.7. The molecule has 2 fully saturated rings. The van der Waals surface area contributed by atoms with Crippen LogP contribution in [0.2, 0.25) is 0 Å². The molecule has 2 amide bonds. The standard InChI is InChI=1S/C18H25BN6O2/c1-11-14-16(25(23-11)13-7-3-2-4-8-13)20-15(21-17(14)26)12-6-5-9-24(10-12)18(27)22-19/h12-13H,2-10H2,1H3,(H,22,27)(H,20,21,26). The Labute approximate surface area is 159 Å². The van der Waals surface area contributed by atoms with E-state index in [0.717, 1.165) is 31.4 Å². The molecule has 2 aliphatic rings. The summed E-state index contributed by atoms with van der Waals surface area (Å²) in [5.74, 6) is 0.627. The summed E-state index contributed by atoms with van der Waals surface area (Å²) in [6.07, 6.45) is 7.51. The fraction of sp³-hybridized carbons (Fsp3) is 0.667. The number of nitrogens with zero attached hydrogens (tertiary/aromatic N) is 4. The van der Waals surface area contributed by atoms with Crippen molar-refractivity contribution in [1.29, 1.82) is 0 Å². The highest BCUT2D eigenvalue weighted by atomic mass is 16.2. The molecule has 2 aromatic heterocycles. The molecule has 3 heterocycles. The molecule has 1 aliphatic heterocycles. The number of hydrogen-bond acceptors (Lipinski definition) is 4. The van der Waals surface area contributed by atoms with E-state index in [4.69, 9.17) is 13.0 Å². The molecule has 1 aliphatic carbocycles. The Morgan fingerprint density at radius 2 is 2.00 bits per heavy atom. The maximum atomic E-state index is 12.8. The van der Waals surface area contributed by atoms with E-state index in [1.165, 1.54) is 19.3 Å². The van der Waals surface area contributed by atoms with Gasteiger partial charge >= 0.3 is 6.03 Å². The summed E-state index contributed by atoms with van der Waals surface area (Å²) in [6, 6.07) is 0.00851. The molecule has 2 N–H and O–H groups in total. The van der Waals surface area contributed by atoms with Crippen molar-refractivity contribution < 1.29 is 4.79 Å². The second kappa shape index (κ2) is 7.36. The molecule has 9 heteroatoms. The molecule has 142 valence electrons. The number of fused-ring (bicyclic) bond motifs is 1. The number of carbonyl (C=O) groups excluding carboxylic acids is 1. The maximum Gasteiger partial charge on any atom is 0.304 e. The topological polar surface area (TPSA) is 95.9 Å². The summed E-state index contributed by atoms with van der Waals surface area (Å²) < 4.78 is 1.97. The van der Waals surface area contributed by atoms with Crippen molar-refractivity contribution >= 4 is 25.0 Å². The lowest BCUT2D eigenvalue weighted by molar-refractivity contribution is 0.184. The van der Waals surface area contributed by atoms with Crippen molar-refractivity contribution in [3.8, 4) is 0 Å². The van der Waals surface area contributed by atoms with Crippen molar-refractivity contribution in [1.82, 2.24) is 29.9 Å². The van der Waals surface area contributed by atoms with E-state index in [9.17, 15) is 9.59 Å². The van der Waals surface area contributed by atoms with E-state index in [1.54, 1.807) is 4.90 Å². The van der Waals surface area contributed by atoms with Crippen molar-refractivity contribution in [3.63, 3.8) is 0 Å². The van der Waals surface area contributed by atoms with Gasteiger partial charge in [-0.2, -0.15) is 5.10 Å². The molecule has 1 unspecified atom stereocenters. The van der Waals surface area contributed by atoms with Crippen LogP contribution < -0.4 is 10.8 Å². The zero-order chi connectivity index (χ0) is 19.0. The number of rotatable bonds is 2. The Morgan fingerprint density at radius 1 is 1.22 bits per heavy atom. The average Bonchev–Trinajstić information content (AvgIpc) is 3.05. The second-order valence-corrected chi connectivity index (χ2v) is 7.71. The first kappa shape index (κ1) is 18.1. The van der Waals surface area contributed by atoms with Gasteiger partial charge in [0.25, 0.3) is 5.56 Å². The van der Waals surface area contributed by atoms with Gasteiger partial charge in [0, 0.05) is 19.0 Å². The van der Waals surface area contributed by atoms with Crippen LogP contribution in [0.15, 0.2) is 4.79 Å². The summed E-state index contributed by atoms with van der Waals surface area (Å²) in [4.78, 5) is 34.1. The number of piperidine rings is 1. The fourth-order valence-electron chi connectivity index (χ4n) is 4.48. The third-order valence-electron chi connectivity index (χ3n) is 5.89. The largest absolute Gasteiger partial charge is 0.391 e. The van der Waals surface area contributed by atoms with Gasteiger partial charge in [-0.25, -0.2) is 9.67 Å². The number of carbonyl (C=O) groups is 1. The summed E-state index contributed by atoms with van der Waals surface area (Å²) >= 11 is 0. The predicted octanol–water partition coefficient (Wildman–Crippen LogP) is 1.91. The molecule has 0 spiro atoms. The lowest BCUT2D eigenvalue weighted by Gasteiger charge is -2.32. The first-order chi connectivity index (χ1) is 13.1. The number of H-pyrrole nitrogens is 1. The maximum absolute atomic E-state index is 12.8. The van der Waals surface area contributed by atoms with Crippen LogP contribution in [0.25, 0.3) is 11.0 Å². The second-order valence-electron chi connectivity index (χ2n) is 7.71. The Balaban J connectivity index is 1.72. The van der Waals surface area contributed by atoms with E-state index >= 15 is 0 Å². The first-order valence-corrected chi connectivity index (χ1v) is 9.83. The van der Waals surface area contributed by atoms with Gasteiger partial charge in [-0.1, -0.05) is 19.3 Å². The Hall–Kier alpha value is -2.32. The quantitative estimate of drug-likeness (QED) is 0.792. The smallest absolute Gasteiger partial charge is 0.304 e. The number of likely N-dealkylation sites (tertiary alicyclic amines) is 1. The Morgan fingerprint density at radius 3 is 2.74 bits per heavy atom. The number of nitrogens with one attached hydrogen (secondary N) is 2. The molecule has 27 heavy (non-hydrogen) atoms. The minimum atomic E-state index is -0.300. The number of amides is 2. The summed E-state index contributed by atoms with van der Waals surface area (Å²) in [5, 5.41) is 7.42. The monoisotopic (exact) mass is 368 g/mol. The number of aromatic nitrogens is 4. The number of aryl methyl sites for hydroxylation is 1. The first-order valence-electron chi connectivity index (χ1n) is 9.83. The minimum absolute atomic E-state index is 0.0110. The van der Waals surface area contributed by atoms with Gasteiger partial charge in [-0.15, -0.1) is 0 Å². The van der Waals surface area contributed by atoms with E-state index < -0.39 is 0 Å². The summed E-state index contributed by atoms with van der Waals surface area (Å²) in [6.45, 7) is 3.02. The number of aromatic amines is 1. The lowest BCUT2D eigenvalue weighted by atomic mass is 9.95. The van der Waals surface area contributed by atoms with Gasteiger partial charge in [-0.3, -0.25) is 9.59 Å². The molecule has 1 saturated heterocycles. The van der Waals surface area contributed by atoms with Crippen molar-refractivity contribution in [2.45, 2.75) is 63.8 Å². The predicted molar refractivity (Wildman–Crippen MR) is 103 cm³/mol. The van der Waals surface area contributed by atoms with Crippen molar-refractivity contribution in [2.75, 3.05) is 13.1 Å². The molecule has 1 atom stereocenters. The van der Waals surface area contributed by atoms with Crippen LogP contribution in [-0.2, 0) is 0 Å². The van der Waals surface area contributed by atoms with Crippen LogP contribution in [0, 0.1) is 6.92 Å². The van der Waals surface area contributed by atoms with Crippen LogP contribution >= 0.6 is 0 Å². The SMILES string of the molecule is [B]NC(=O)N1CCCC(c2nc3c(c(C)nn3C3CCCCC3)c(=O)[nH]2)C1. The highest BCUT2D eigenvalue weighted by molar-refractivity contribution is 6.13. The summed E-state index contributed by atoms with van der Waals surface area (Å²) in [7, 11) is 5.26. The van der Waals surface area contributed by atoms with Gasteiger partial charge in [-0.05, 0) is 32.6 Å². The van der Waals surface area contributed by atoms with Crippen LogP contribution in [0.3, 0.4) is 0 Å². The highest BCUT2D eigenvalue weighted by Gasteiger charge is 2.28. The lowest BCUT2D eigenvalue weighted by Crippen LogP contribution is -2.44. The average molecular weight is 368 g/mol. The normalized spacial score (nSPS) is 21.5. The van der Waals surface area contributed by atoms with Gasteiger partial charge in [0.1, 0.15) is 11.2 Å². The van der Waals surface area contributed by atoms with Crippen molar-refractivity contribution in [3.05, 3.63) is 21.9 Å². The highest BCUT2D eigenvalue weighted by Crippen LogP contribution is 2.31. The number of hydrogen-bond donors (Lipinski definition) is 2. The van der Waals surface area contributed by atoms with Crippen LogP contribution in [0.1, 0.15) is 68.4 Å².